The van der Waals surface area contributed by atoms with Gasteiger partial charge in [-0.25, -0.2) is 4.98 Å². The van der Waals surface area contributed by atoms with Crippen molar-refractivity contribution in [1.29, 1.82) is 0 Å². The second-order valence-corrected chi connectivity index (χ2v) is 16.9. The molecule has 2 aliphatic carbocycles. The highest BCUT2D eigenvalue weighted by molar-refractivity contribution is 7.86. The Hall–Kier alpha value is -2.97. The number of aryl methyl sites for hydroxylation is 1. The maximum absolute atomic E-state index is 13.6. The first-order chi connectivity index (χ1) is 22.2. The number of rotatable bonds is 11. The van der Waals surface area contributed by atoms with E-state index < -0.39 is 21.1 Å². The Bertz CT molecular complexity index is 1970. The van der Waals surface area contributed by atoms with Gasteiger partial charge >= 0.3 is 0 Å². The largest absolute Gasteiger partial charge is 0.299 e. The molecular formula is C39H42ClNO4S2. The van der Waals surface area contributed by atoms with E-state index in [2.05, 4.69) is 18.2 Å². The average Bonchev–Trinajstić information content (AvgIpc) is 3.36. The Balaban J connectivity index is 1.13. The Morgan fingerprint density at radius 2 is 1.81 bits per heavy atom. The van der Waals surface area contributed by atoms with E-state index >= 15 is 0 Å². The van der Waals surface area contributed by atoms with Gasteiger partial charge in [0.25, 0.3) is 10.1 Å². The number of fused-ring (bicyclic) bond motifs is 3. The SMILES string of the molecule is CC(C)(OS(=O)(=O)CC12CCC(CC1=O)C2(C)C)c1ccccc1CC[C@@H](S)c1cccc(/C=C/c2ccc3ccc(Cl)cc3n2)c1. The summed E-state index contributed by atoms with van der Waals surface area (Å²) in [6.07, 6.45) is 7.45. The molecule has 0 amide bonds. The van der Waals surface area contributed by atoms with E-state index in [9.17, 15) is 13.2 Å². The van der Waals surface area contributed by atoms with Crippen LogP contribution in [-0.4, -0.2) is 24.9 Å². The summed E-state index contributed by atoms with van der Waals surface area (Å²) in [5.74, 6) is 0.0497. The number of carbonyl (C=O) groups is 1. The van der Waals surface area contributed by atoms with E-state index in [1.165, 1.54) is 0 Å². The number of hydrogen-bond donors (Lipinski definition) is 1. The lowest BCUT2D eigenvalue weighted by molar-refractivity contribution is -0.128. The number of benzene rings is 3. The second kappa shape index (κ2) is 12.8. The van der Waals surface area contributed by atoms with Crippen LogP contribution >= 0.6 is 24.2 Å². The molecule has 3 aromatic carbocycles. The highest BCUT2D eigenvalue weighted by Gasteiger charge is 2.65. The maximum Gasteiger partial charge on any atom is 0.269 e. The van der Waals surface area contributed by atoms with E-state index in [-0.39, 0.29) is 28.1 Å². The summed E-state index contributed by atoms with van der Waals surface area (Å²) in [4.78, 5) is 17.8. The molecule has 0 radical (unpaired) electrons. The lowest BCUT2D eigenvalue weighted by atomic mass is 9.70. The molecule has 2 saturated carbocycles. The molecule has 0 N–H and O–H groups in total. The number of ketones is 1. The van der Waals surface area contributed by atoms with Gasteiger partial charge < -0.3 is 0 Å². The van der Waals surface area contributed by atoms with Crippen LogP contribution in [0.4, 0.5) is 0 Å². The molecule has 3 atom stereocenters. The number of pyridine rings is 1. The summed E-state index contributed by atoms with van der Waals surface area (Å²) < 4.78 is 33.2. The molecule has 0 spiro atoms. The Morgan fingerprint density at radius 1 is 1.04 bits per heavy atom. The fourth-order valence-corrected chi connectivity index (χ4v) is 10.4. The molecule has 4 aromatic rings. The van der Waals surface area contributed by atoms with Crippen LogP contribution in [0.25, 0.3) is 23.1 Å². The van der Waals surface area contributed by atoms with Crippen molar-refractivity contribution in [2.45, 2.75) is 70.7 Å². The van der Waals surface area contributed by atoms with Gasteiger partial charge in [0, 0.05) is 22.1 Å². The summed E-state index contributed by atoms with van der Waals surface area (Å²) in [5, 5.41) is 1.67. The number of aromatic nitrogens is 1. The summed E-state index contributed by atoms with van der Waals surface area (Å²) in [5.41, 5.74) is 3.37. The summed E-state index contributed by atoms with van der Waals surface area (Å²) in [7, 11) is -4.01. The average molecular weight is 688 g/mol. The van der Waals surface area contributed by atoms with Crippen molar-refractivity contribution in [3.05, 3.63) is 112 Å². The molecule has 2 aliphatic rings. The highest BCUT2D eigenvalue weighted by Crippen LogP contribution is 2.64. The molecule has 47 heavy (non-hydrogen) atoms. The normalized spacial score (nSPS) is 21.6. The molecule has 5 nitrogen and oxygen atoms in total. The van der Waals surface area contributed by atoms with Crippen LogP contribution in [0, 0.1) is 16.7 Å². The lowest BCUT2D eigenvalue weighted by Gasteiger charge is -2.37. The smallest absolute Gasteiger partial charge is 0.269 e. The first-order valence-corrected chi connectivity index (χ1v) is 18.7. The first-order valence-electron chi connectivity index (χ1n) is 16.3. The number of thiol groups is 1. The molecule has 1 heterocycles. The zero-order chi connectivity index (χ0) is 33.6. The third-order valence-corrected chi connectivity index (χ3v) is 13.0. The van der Waals surface area contributed by atoms with Crippen LogP contribution in [-0.2, 0) is 31.1 Å². The number of nitrogens with zero attached hydrogens (tertiary/aromatic N) is 1. The summed E-state index contributed by atoms with van der Waals surface area (Å²) in [6, 6.07) is 25.9. The Morgan fingerprint density at radius 3 is 2.55 bits per heavy atom. The van der Waals surface area contributed by atoms with Gasteiger partial charge in [-0.3, -0.25) is 8.98 Å². The molecule has 2 bridgehead atoms. The first kappa shape index (κ1) is 33.9. The fourth-order valence-electron chi connectivity index (χ4n) is 7.84. The van der Waals surface area contributed by atoms with Crippen LogP contribution in [0.2, 0.25) is 5.02 Å². The van der Waals surface area contributed by atoms with E-state index in [0.717, 1.165) is 51.7 Å². The number of carbonyl (C=O) groups excluding carboxylic acids is 1. The van der Waals surface area contributed by atoms with Gasteiger partial charge in [0.2, 0.25) is 0 Å². The number of halogens is 1. The highest BCUT2D eigenvalue weighted by atomic mass is 35.5. The molecular weight excluding hydrogens is 646 g/mol. The molecule has 0 aliphatic heterocycles. The molecule has 1 aromatic heterocycles. The van der Waals surface area contributed by atoms with Gasteiger partial charge in [0.05, 0.1) is 22.4 Å². The molecule has 6 rings (SSSR count). The molecule has 0 saturated heterocycles. The Kier molecular flexibility index (Phi) is 9.24. The van der Waals surface area contributed by atoms with Crippen LogP contribution in [0.1, 0.15) is 86.6 Å². The van der Waals surface area contributed by atoms with Crippen molar-refractivity contribution in [2.24, 2.45) is 16.7 Å². The lowest BCUT2D eigenvalue weighted by Crippen LogP contribution is -2.43. The van der Waals surface area contributed by atoms with Crippen molar-refractivity contribution in [3.8, 4) is 0 Å². The van der Waals surface area contributed by atoms with Crippen LogP contribution in [0.5, 0.6) is 0 Å². The van der Waals surface area contributed by atoms with Gasteiger partial charge in [-0.1, -0.05) is 92.2 Å². The molecule has 2 unspecified atom stereocenters. The van der Waals surface area contributed by atoms with E-state index in [0.29, 0.717) is 24.3 Å². The predicted octanol–water partition coefficient (Wildman–Crippen LogP) is 9.64. The third-order valence-electron chi connectivity index (χ3n) is 10.7. The van der Waals surface area contributed by atoms with Crippen LogP contribution < -0.4 is 0 Å². The van der Waals surface area contributed by atoms with Gasteiger partial charge in [-0.2, -0.15) is 21.0 Å². The quantitative estimate of drug-likeness (QED) is 0.126. The van der Waals surface area contributed by atoms with E-state index in [1.807, 2.05) is 86.7 Å². The standard InChI is InChI=1S/C39H42ClNO4S2/c1-37(2)30-20-21-39(37,36(42)23-30)25-47(43,44)45-38(3,4)33-11-6-5-9-27(33)15-19-35(46)29-10-7-8-26(22-29)12-17-32-18-14-28-13-16-31(40)24-34(28)41-32/h5-14,16-18,22,24,30,35,46H,15,19-21,23,25H2,1-4H3/b17-12+/t30?,35-,39?/m1/s1. The fraction of sp³-hybridized carbons (Fsp3) is 0.385. The van der Waals surface area contributed by atoms with Gasteiger partial charge in [-0.15, -0.1) is 0 Å². The minimum absolute atomic E-state index is 0.0323. The maximum atomic E-state index is 13.6. The monoisotopic (exact) mass is 687 g/mol. The number of Topliss-reactive ketones (excluding diaryl/α,β-unsaturated/α-hetero) is 1. The second-order valence-electron chi connectivity index (χ2n) is 14.3. The van der Waals surface area contributed by atoms with Gasteiger partial charge in [-0.05, 0) is 97.4 Å². The summed E-state index contributed by atoms with van der Waals surface area (Å²) in [6.45, 7) is 7.69. The van der Waals surface area contributed by atoms with Crippen LogP contribution in [0.3, 0.4) is 0 Å². The Labute approximate surface area is 289 Å². The zero-order valence-corrected chi connectivity index (χ0v) is 29.8. The molecule has 246 valence electrons. The minimum Gasteiger partial charge on any atom is -0.299 e. The van der Waals surface area contributed by atoms with Crippen molar-refractivity contribution >= 4 is 63.2 Å². The van der Waals surface area contributed by atoms with E-state index in [1.54, 1.807) is 13.8 Å². The molecule has 2 fully saturated rings. The summed E-state index contributed by atoms with van der Waals surface area (Å²) >= 11 is 11.1. The van der Waals surface area contributed by atoms with Gasteiger partial charge in [0.15, 0.2) is 0 Å². The number of hydrogen-bond acceptors (Lipinski definition) is 6. The minimum atomic E-state index is -4.01. The predicted molar refractivity (Wildman–Crippen MR) is 195 cm³/mol. The topological polar surface area (TPSA) is 73.3 Å². The van der Waals surface area contributed by atoms with Crippen molar-refractivity contribution in [1.82, 2.24) is 4.98 Å². The molecule has 8 heteroatoms. The van der Waals surface area contributed by atoms with Crippen LogP contribution in [0.15, 0.2) is 78.9 Å². The third kappa shape index (κ3) is 6.82. The van der Waals surface area contributed by atoms with Crippen molar-refractivity contribution < 1.29 is 17.4 Å². The van der Waals surface area contributed by atoms with Crippen molar-refractivity contribution in [3.63, 3.8) is 0 Å². The zero-order valence-electron chi connectivity index (χ0n) is 27.4. The van der Waals surface area contributed by atoms with E-state index in [4.69, 9.17) is 33.4 Å². The van der Waals surface area contributed by atoms with Crippen molar-refractivity contribution in [2.75, 3.05) is 5.75 Å². The van der Waals surface area contributed by atoms with Gasteiger partial charge in [0.1, 0.15) is 11.4 Å².